The van der Waals surface area contributed by atoms with Gasteiger partial charge in [0.05, 0.1) is 6.04 Å². The van der Waals surface area contributed by atoms with Crippen molar-refractivity contribution in [2.45, 2.75) is 50.6 Å². The van der Waals surface area contributed by atoms with Crippen molar-refractivity contribution in [3.05, 3.63) is 18.2 Å². The van der Waals surface area contributed by atoms with E-state index in [9.17, 15) is 4.79 Å². The molecule has 2 rings (SSSR count). The van der Waals surface area contributed by atoms with Gasteiger partial charge in [0.25, 0.3) is 0 Å². The van der Waals surface area contributed by atoms with E-state index in [0.29, 0.717) is 6.42 Å². The van der Waals surface area contributed by atoms with Crippen LogP contribution in [0.1, 0.15) is 50.9 Å². The molecule has 17 heavy (non-hydrogen) atoms. The average molecular weight is 236 g/mol. The van der Waals surface area contributed by atoms with Gasteiger partial charge in [0.15, 0.2) is 0 Å². The zero-order valence-corrected chi connectivity index (χ0v) is 10.2. The van der Waals surface area contributed by atoms with Gasteiger partial charge in [-0.3, -0.25) is 4.79 Å². The zero-order chi connectivity index (χ0) is 12.3. The van der Waals surface area contributed by atoms with Crippen LogP contribution in [-0.2, 0) is 4.79 Å². The number of nitrogens with zero attached hydrogens (tertiary/aromatic N) is 1. The molecule has 5 nitrogen and oxygen atoms in total. The topological polar surface area (TPSA) is 83.8 Å². The van der Waals surface area contributed by atoms with E-state index in [0.717, 1.165) is 31.5 Å². The molecule has 1 atom stereocenters. The molecule has 1 heterocycles. The Labute approximate surface area is 101 Å². The lowest BCUT2D eigenvalue weighted by atomic mass is 9.75. The Morgan fingerprint density at radius 2 is 2.47 bits per heavy atom. The van der Waals surface area contributed by atoms with Gasteiger partial charge in [0, 0.05) is 24.4 Å². The summed E-state index contributed by atoms with van der Waals surface area (Å²) in [5, 5.41) is 2.98. The van der Waals surface area contributed by atoms with Crippen LogP contribution in [0.4, 0.5) is 0 Å². The molecule has 94 valence electrons. The minimum atomic E-state index is -0.258. The fraction of sp³-hybridized carbons (Fsp3) is 0.667. The maximum atomic E-state index is 11.9. The number of aromatic nitrogens is 2. The Kier molecular flexibility index (Phi) is 3.47. The third-order valence-electron chi connectivity index (χ3n) is 3.45. The number of hydrogen-bond donors (Lipinski definition) is 3. The predicted molar refractivity (Wildman–Crippen MR) is 65.1 cm³/mol. The summed E-state index contributed by atoms with van der Waals surface area (Å²) < 4.78 is 0. The molecule has 0 radical (unpaired) electrons. The van der Waals surface area contributed by atoms with Crippen molar-refractivity contribution < 1.29 is 4.79 Å². The third-order valence-corrected chi connectivity index (χ3v) is 3.45. The van der Waals surface area contributed by atoms with E-state index < -0.39 is 0 Å². The summed E-state index contributed by atoms with van der Waals surface area (Å²) in [4.78, 5) is 19.1. The summed E-state index contributed by atoms with van der Waals surface area (Å²) in [6.45, 7) is 2.02. The number of nitrogens with two attached hydrogens (primary N) is 1. The van der Waals surface area contributed by atoms with Crippen LogP contribution in [0.3, 0.4) is 0 Å². The first-order chi connectivity index (χ1) is 8.13. The smallest absolute Gasteiger partial charge is 0.222 e. The Balaban J connectivity index is 1.88. The zero-order valence-electron chi connectivity index (χ0n) is 10.2. The molecule has 1 saturated carbocycles. The van der Waals surface area contributed by atoms with E-state index >= 15 is 0 Å². The molecule has 0 saturated heterocycles. The van der Waals surface area contributed by atoms with Crippen LogP contribution in [0.15, 0.2) is 12.4 Å². The van der Waals surface area contributed by atoms with Gasteiger partial charge >= 0.3 is 0 Å². The van der Waals surface area contributed by atoms with Gasteiger partial charge in [-0.25, -0.2) is 4.98 Å². The van der Waals surface area contributed by atoms with Gasteiger partial charge < -0.3 is 16.0 Å². The summed E-state index contributed by atoms with van der Waals surface area (Å²) in [6.07, 6.45) is 7.75. The fourth-order valence-electron chi connectivity index (χ4n) is 2.20. The van der Waals surface area contributed by atoms with Gasteiger partial charge in [-0.1, -0.05) is 6.92 Å². The molecule has 1 fully saturated rings. The highest BCUT2D eigenvalue weighted by molar-refractivity contribution is 5.77. The Morgan fingerprint density at radius 3 is 2.94 bits per heavy atom. The number of rotatable bonds is 5. The number of carbonyl (C=O) groups is 1. The summed E-state index contributed by atoms with van der Waals surface area (Å²) in [5.41, 5.74) is 5.80. The summed E-state index contributed by atoms with van der Waals surface area (Å²) in [5.74, 6) is 0.830. The van der Waals surface area contributed by atoms with E-state index in [1.807, 2.05) is 6.92 Å². The molecule has 4 N–H and O–H groups in total. The molecule has 1 aliphatic carbocycles. The van der Waals surface area contributed by atoms with E-state index in [1.54, 1.807) is 12.4 Å². The Bertz CT molecular complexity index is 370. The number of aromatic amines is 1. The Morgan fingerprint density at radius 1 is 1.71 bits per heavy atom. The van der Waals surface area contributed by atoms with E-state index in [-0.39, 0.29) is 17.5 Å². The van der Waals surface area contributed by atoms with Crippen molar-refractivity contribution in [3.63, 3.8) is 0 Å². The van der Waals surface area contributed by atoms with Crippen LogP contribution in [0, 0.1) is 0 Å². The van der Waals surface area contributed by atoms with Crippen LogP contribution in [0.2, 0.25) is 0 Å². The summed E-state index contributed by atoms with van der Waals surface area (Å²) >= 11 is 0. The number of H-pyrrole nitrogens is 1. The second-order valence-electron chi connectivity index (χ2n) is 4.90. The molecule has 1 amide bonds. The van der Waals surface area contributed by atoms with Crippen LogP contribution in [0.25, 0.3) is 0 Å². The van der Waals surface area contributed by atoms with E-state index in [4.69, 9.17) is 5.73 Å². The highest BCUT2D eigenvalue weighted by Crippen LogP contribution is 2.32. The first kappa shape index (κ1) is 12.1. The van der Waals surface area contributed by atoms with Gasteiger partial charge in [-0.15, -0.1) is 0 Å². The lowest BCUT2D eigenvalue weighted by Gasteiger charge is -2.37. The van der Waals surface area contributed by atoms with E-state index in [2.05, 4.69) is 15.3 Å². The van der Waals surface area contributed by atoms with Gasteiger partial charge in [-0.05, 0) is 25.7 Å². The predicted octanol–water partition coefficient (Wildman–Crippen LogP) is 1.25. The minimum absolute atomic E-state index is 0.0236. The lowest BCUT2D eigenvalue weighted by molar-refractivity contribution is -0.123. The largest absolute Gasteiger partial charge is 0.347 e. The highest BCUT2D eigenvalue weighted by atomic mass is 16.1. The van der Waals surface area contributed by atoms with Crippen molar-refractivity contribution >= 4 is 5.91 Å². The monoisotopic (exact) mass is 236 g/mol. The molecule has 0 aromatic carbocycles. The standard InChI is InChI=1S/C12H20N4O/c1-2-9(11-14-6-7-15-11)16-10(17)8-12(13)4-3-5-12/h6-7,9H,2-5,8,13H2,1H3,(H,14,15)(H,16,17). The maximum Gasteiger partial charge on any atom is 0.222 e. The first-order valence-corrected chi connectivity index (χ1v) is 6.20. The van der Waals surface area contributed by atoms with Gasteiger partial charge in [0.2, 0.25) is 5.91 Å². The van der Waals surface area contributed by atoms with Crippen LogP contribution in [-0.4, -0.2) is 21.4 Å². The average Bonchev–Trinajstić information content (AvgIpc) is 2.77. The third kappa shape index (κ3) is 2.85. The molecule has 0 spiro atoms. The van der Waals surface area contributed by atoms with Gasteiger partial charge in [-0.2, -0.15) is 0 Å². The number of amides is 1. The van der Waals surface area contributed by atoms with Gasteiger partial charge in [0.1, 0.15) is 5.82 Å². The van der Waals surface area contributed by atoms with Crippen LogP contribution < -0.4 is 11.1 Å². The maximum absolute atomic E-state index is 11.9. The molecule has 1 aromatic heterocycles. The molecule has 1 aliphatic rings. The van der Waals surface area contributed by atoms with Crippen LogP contribution >= 0.6 is 0 Å². The Hall–Kier alpha value is -1.36. The highest BCUT2D eigenvalue weighted by Gasteiger charge is 2.35. The van der Waals surface area contributed by atoms with Crippen molar-refractivity contribution in [1.82, 2.24) is 15.3 Å². The molecule has 1 unspecified atom stereocenters. The normalized spacial score (nSPS) is 19.4. The minimum Gasteiger partial charge on any atom is -0.347 e. The second-order valence-corrected chi connectivity index (χ2v) is 4.90. The lowest BCUT2D eigenvalue weighted by Crippen LogP contribution is -2.50. The number of imidazole rings is 1. The molecule has 5 heteroatoms. The van der Waals surface area contributed by atoms with Crippen molar-refractivity contribution in [2.24, 2.45) is 5.73 Å². The summed E-state index contributed by atoms with van der Waals surface area (Å²) in [7, 11) is 0. The molecule has 0 bridgehead atoms. The molecular weight excluding hydrogens is 216 g/mol. The SMILES string of the molecule is CCC(NC(=O)CC1(N)CCC1)c1ncc[nH]1. The second kappa shape index (κ2) is 4.87. The van der Waals surface area contributed by atoms with E-state index in [1.165, 1.54) is 0 Å². The molecular formula is C12H20N4O. The van der Waals surface area contributed by atoms with Crippen molar-refractivity contribution in [2.75, 3.05) is 0 Å². The van der Waals surface area contributed by atoms with Crippen LogP contribution in [0.5, 0.6) is 0 Å². The number of carbonyl (C=O) groups excluding carboxylic acids is 1. The number of hydrogen-bond acceptors (Lipinski definition) is 3. The summed E-state index contributed by atoms with van der Waals surface area (Å²) in [6, 6.07) is -0.0406. The fourth-order valence-corrected chi connectivity index (χ4v) is 2.20. The quantitative estimate of drug-likeness (QED) is 0.719. The van der Waals surface area contributed by atoms with Crippen molar-refractivity contribution in [1.29, 1.82) is 0 Å². The molecule has 0 aliphatic heterocycles. The molecule has 1 aromatic rings. The van der Waals surface area contributed by atoms with Crippen molar-refractivity contribution in [3.8, 4) is 0 Å². The first-order valence-electron chi connectivity index (χ1n) is 6.20. The number of nitrogens with one attached hydrogen (secondary N) is 2.